The summed E-state index contributed by atoms with van der Waals surface area (Å²) in [4.78, 5) is 13.1. The van der Waals surface area contributed by atoms with Gasteiger partial charge in [-0.05, 0) is 54.3 Å². The lowest BCUT2D eigenvalue weighted by Crippen LogP contribution is -2.35. The number of pyridine rings is 1. The van der Waals surface area contributed by atoms with E-state index < -0.39 is 27.0 Å². The summed E-state index contributed by atoms with van der Waals surface area (Å²) in [5.74, 6) is -0.596. The van der Waals surface area contributed by atoms with Crippen molar-refractivity contribution in [3.8, 4) is 11.8 Å². The zero-order valence-corrected chi connectivity index (χ0v) is 17.5. The normalized spacial score (nSPS) is 13.4. The fraction of sp³-hybridized carbons (Fsp3) is 0.238. The van der Waals surface area contributed by atoms with Crippen LogP contribution in [0, 0.1) is 11.3 Å². The van der Waals surface area contributed by atoms with Crippen molar-refractivity contribution in [1.82, 2.24) is 4.57 Å². The first kappa shape index (κ1) is 22.5. The molecule has 0 atom stereocenters. The van der Waals surface area contributed by atoms with Gasteiger partial charge in [0.1, 0.15) is 5.75 Å². The summed E-state index contributed by atoms with van der Waals surface area (Å²) >= 11 is 0. The van der Waals surface area contributed by atoms with Gasteiger partial charge in [-0.2, -0.15) is 14.6 Å². The summed E-state index contributed by atoms with van der Waals surface area (Å²) in [7, 11) is -4.22. The summed E-state index contributed by atoms with van der Waals surface area (Å²) in [6.07, 6.45) is -2.24. The number of hydrogen-bond acceptors (Lipinski definition) is 4. The minimum atomic E-state index is -4.90. The maximum Gasteiger partial charge on any atom is 0.573 e. The van der Waals surface area contributed by atoms with Gasteiger partial charge in [-0.25, -0.2) is 4.21 Å². The van der Waals surface area contributed by atoms with Crippen molar-refractivity contribution in [3.63, 3.8) is 0 Å². The number of alkyl halides is 3. The number of benzene rings is 2. The average molecular weight is 452 g/mol. The Balaban J connectivity index is 2.14. The standard InChI is InChI=1S/C21H19F3N2O4S/c1-3-31(2,28,29)19-7-4-14(12-25)10-16(19)13-26-9-8-15-5-6-17(30-21(22,23)24)11-18(15)20(26)27/h4-11H,3,13H2,1-2H3,(H,28,29). The van der Waals surface area contributed by atoms with Gasteiger partial charge in [-0.3, -0.25) is 9.35 Å². The van der Waals surface area contributed by atoms with Gasteiger partial charge >= 0.3 is 6.36 Å². The molecule has 0 amide bonds. The highest BCUT2D eigenvalue weighted by atomic mass is 32.3. The molecular weight excluding hydrogens is 433 g/mol. The molecule has 0 aliphatic carbocycles. The largest absolute Gasteiger partial charge is 0.573 e. The van der Waals surface area contributed by atoms with Gasteiger partial charge in [-0.1, -0.05) is 6.07 Å². The van der Waals surface area contributed by atoms with Gasteiger partial charge in [0.2, 0.25) is 0 Å². The third-order valence-electron chi connectivity index (χ3n) is 4.96. The van der Waals surface area contributed by atoms with Crippen LogP contribution in [0.2, 0.25) is 0 Å². The lowest BCUT2D eigenvalue weighted by molar-refractivity contribution is -0.274. The van der Waals surface area contributed by atoms with E-state index in [9.17, 15) is 32.0 Å². The number of nitriles is 1. The van der Waals surface area contributed by atoms with Crippen LogP contribution in [-0.2, 0) is 15.9 Å². The zero-order valence-electron chi connectivity index (χ0n) is 16.6. The van der Waals surface area contributed by atoms with Crippen molar-refractivity contribution >= 4 is 20.1 Å². The first-order valence-corrected chi connectivity index (χ1v) is 11.6. The van der Waals surface area contributed by atoms with E-state index >= 15 is 0 Å². The SMILES string of the molecule is CCS(C)(=O)(O)c1ccc(C#N)cc1Cn1ccc2ccc(OC(F)(F)F)cc2c1=O. The molecule has 2 aromatic carbocycles. The maximum atomic E-state index is 13.1. The molecule has 0 fully saturated rings. The number of halogens is 3. The van der Waals surface area contributed by atoms with Crippen molar-refractivity contribution < 1.29 is 26.7 Å². The molecule has 0 unspecified atom stereocenters. The van der Waals surface area contributed by atoms with E-state index in [1.807, 2.05) is 6.07 Å². The highest BCUT2D eigenvalue weighted by molar-refractivity contribution is 8.14. The molecular formula is C21H19F3N2O4S. The number of nitrogens with zero attached hydrogens (tertiary/aromatic N) is 2. The zero-order chi connectivity index (χ0) is 23.1. The molecule has 164 valence electrons. The number of ether oxygens (including phenoxy) is 1. The second-order valence-electron chi connectivity index (χ2n) is 7.25. The molecule has 3 aromatic rings. The van der Waals surface area contributed by atoms with E-state index in [2.05, 4.69) is 4.74 Å². The Labute approximate surface area is 175 Å². The number of fused-ring (bicyclic) bond motifs is 1. The summed E-state index contributed by atoms with van der Waals surface area (Å²) < 4.78 is 66.5. The fourth-order valence-corrected chi connectivity index (χ4v) is 4.73. The van der Waals surface area contributed by atoms with E-state index in [1.54, 1.807) is 13.0 Å². The second kappa shape index (κ2) is 7.51. The third-order valence-corrected chi connectivity index (χ3v) is 7.84. The van der Waals surface area contributed by atoms with Crippen LogP contribution in [0.5, 0.6) is 5.75 Å². The molecule has 0 spiro atoms. The van der Waals surface area contributed by atoms with Crippen molar-refractivity contribution in [2.45, 2.75) is 24.7 Å². The molecule has 1 heterocycles. The Morgan fingerprint density at radius 1 is 1.19 bits per heavy atom. The van der Waals surface area contributed by atoms with Crippen LogP contribution < -0.4 is 10.3 Å². The molecule has 0 aliphatic heterocycles. The van der Waals surface area contributed by atoms with Crippen LogP contribution in [0.15, 0.2) is 58.4 Å². The number of rotatable bonds is 5. The number of hydrogen-bond donors (Lipinski definition) is 1. The Morgan fingerprint density at radius 2 is 1.90 bits per heavy atom. The minimum absolute atomic E-state index is 0.00382. The van der Waals surface area contributed by atoms with Crippen LogP contribution in [-0.4, -0.2) is 31.7 Å². The minimum Gasteiger partial charge on any atom is -0.406 e. The third kappa shape index (κ3) is 4.78. The van der Waals surface area contributed by atoms with Gasteiger partial charge in [0.15, 0.2) is 0 Å². The molecule has 0 aliphatic rings. The summed E-state index contributed by atoms with van der Waals surface area (Å²) in [5.41, 5.74) is -0.0627. The molecule has 0 radical (unpaired) electrons. The van der Waals surface area contributed by atoms with Gasteiger partial charge in [-0.15, -0.1) is 13.2 Å². The maximum absolute atomic E-state index is 13.1. The van der Waals surface area contributed by atoms with E-state index in [0.29, 0.717) is 10.9 Å². The van der Waals surface area contributed by atoms with Crippen LogP contribution in [0.1, 0.15) is 18.1 Å². The monoisotopic (exact) mass is 452 g/mol. The van der Waals surface area contributed by atoms with Gasteiger partial charge in [0, 0.05) is 18.2 Å². The fourth-order valence-electron chi connectivity index (χ4n) is 3.20. The van der Waals surface area contributed by atoms with Crippen LogP contribution in [0.3, 0.4) is 0 Å². The quantitative estimate of drug-likeness (QED) is 0.629. The van der Waals surface area contributed by atoms with E-state index in [0.717, 1.165) is 12.1 Å². The van der Waals surface area contributed by atoms with Crippen LogP contribution in [0.4, 0.5) is 13.2 Å². The number of aromatic nitrogens is 1. The smallest absolute Gasteiger partial charge is 0.406 e. The van der Waals surface area contributed by atoms with Gasteiger partial charge in [0.05, 0.1) is 28.5 Å². The topological polar surface area (TPSA) is 92.3 Å². The van der Waals surface area contributed by atoms with E-state index in [1.165, 1.54) is 41.3 Å². The summed E-state index contributed by atoms with van der Waals surface area (Å²) in [5, 5.41) is 9.61. The van der Waals surface area contributed by atoms with Crippen LogP contribution >= 0.6 is 0 Å². The average Bonchev–Trinajstić information content (AvgIpc) is 2.69. The van der Waals surface area contributed by atoms with Gasteiger partial charge < -0.3 is 9.30 Å². The van der Waals surface area contributed by atoms with E-state index in [-0.39, 0.29) is 28.1 Å². The molecule has 1 aromatic heterocycles. The predicted molar refractivity (Wildman–Crippen MR) is 111 cm³/mol. The van der Waals surface area contributed by atoms with E-state index in [4.69, 9.17) is 0 Å². The lowest BCUT2D eigenvalue weighted by atomic mass is 10.1. The molecule has 1 N–H and O–H groups in total. The van der Waals surface area contributed by atoms with Crippen molar-refractivity contribution in [2.75, 3.05) is 12.0 Å². The molecule has 31 heavy (non-hydrogen) atoms. The Morgan fingerprint density at radius 3 is 2.52 bits per heavy atom. The molecule has 3 rings (SSSR count). The molecule has 6 nitrogen and oxygen atoms in total. The molecule has 0 bridgehead atoms. The highest BCUT2D eigenvalue weighted by Gasteiger charge is 2.31. The second-order valence-corrected chi connectivity index (χ2v) is 11.2. The Bertz CT molecular complexity index is 1330. The van der Waals surface area contributed by atoms with Crippen molar-refractivity contribution in [2.24, 2.45) is 0 Å². The first-order valence-electron chi connectivity index (χ1n) is 9.11. The molecule has 10 heteroatoms. The molecule has 0 saturated carbocycles. The Kier molecular flexibility index (Phi) is 5.46. The molecule has 0 saturated heterocycles. The first-order chi connectivity index (χ1) is 14.3. The van der Waals surface area contributed by atoms with Crippen LogP contribution in [0.25, 0.3) is 10.8 Å². The van der Waals surface area contributed by atoms with Crippen molar-refractivity contribution in [3.05, 3.63) is 70.1 Å². The predicted octanol–water partition coefficient (Wildman–Crippen LogP) is 4.12. The summed E-state index contributed by atoms with van der Waals surface area (Å²) in [6, 6.07) is 11.2. The van der Waals surface area contributed by atoms with Gasteiger partial charge in [0.25, 0.3) is 5.56 Å². The Hall–Kier alpha value is -3.16. The summed E-state index contributed by atoms with van der Waals surface area (Å²) in [6.45, 7) is 1.41. The highest BCUT2D eigenvalue weighted by Crippen LogP contribution is 2.33. The van der Waals surface area contributed by atoms with Crippen molar-refractivity contribution in [1.29, 1.82) is 5.26 Å². The lowest BCUT2D eigenvalue weighted by Gasteiger charge is -2.39.